The molecule has 8 heteroatoms. The van der Waals surface area contributed by atoms with E-state index in [1.54, 1.807) is 0 Å². The average molecular weight is 375 g/mol. The van der Waals surface area contributed by atoms with Gasteiger partial charge in [-0.3, -0.25) is 4.79 Å². The number of amides is 1. The fourth-order valence-electron chi connectivity index (χ4n) is 3.24. The topological polar surface area (TPSA) is 77.7 Å². The summed E-state index contributed by atoms with van der Waals surface area (Å²) in [5.74, 6) is 2.24. The molecule has 1 saturated heterocycles. The molecule has 1 atom stereocenters. The van der Waals surface area contributed by atoms with Crippen LogP contribution in [0.25, 0.3) is 11.5 Å². The van der Waals surface area contributed by atoms with Crippen molar-refractivity contribution in [1.29, 1.82) is 0 Å². The van der Waals surface area contributed by atoms with Gasteiger partial charge in [-0.05, 0) is 44.4 Å². The predicted molar refractivity (Wildman–Crippen MR) is 96.5 cm³/mol. The Morgan fingerprint density at radius 1 is 1.23 bits per heavy atom. The van der Waals surface area contributed by atoms with Crippen LogP contribution in [0.5, 0.6) is 11.5 Å². The molecule has 0 bridgehead atoms. The average Bonchev–Trinajstić information content (AvgIpc) is 3.15. The number of ether oxygens (including phenoxy) is 2. The third kappa shape index (κ3) is 3.65. The molecule has 0 N–H and O–H groups in total. The minimum absolute atomic E-state index is 0.126. The maximum Gasteiger partial charge on any atom is 0.277 e. The molecule has 1 amide bonds. The largest absolute Gasteiger partial charge is 0.486 e. The van der Waals surface area contributed by atoms with E-state index >= 15 is 0 Å². The molecular weight excluding hydrogens is 354 g/mol. The molecule has 0 saturated carbocycles. The summed E-state index contributed by atoms with van der Waals surface area (Å²) in [6, 6.07) is 5.84. The monoisotopic (exact) mass is 375 g/mol. The highest BCUT2D eigenvalue weighted by Gasteiger charge is 2.24. The number of thioether (sulfide) groups is 1. The summed E-state index contributed by atoms with van der Waals surface area (Å²) in [5, 5.41) is 8.52. The third-order valence-corrected chi connectivity index (χ3v) is 5.44. The lowest BCUT2D eigenvalue weighted by Gasteiger charge is -2.33. The molecule has 1 fully saturated rings. The van der Waals surface area contributed by atoms with Crippen molar-refractivity contribution >= 4 is 17.7 Å². The number of aromatic nitrogens is 2. The van der Waals surface area contributed by atoms with Crippen LogP contribution >= 0.6 is 11.8 Å². The molecule has 0 spiro atoms. The van der Waals surface area contributed by atoms with Crippen LogP contribution in [-0.4, -0.2) is 52.6 Å². The fourth-order valence-corrected chi connectivity index (χ4v) is 3.89. The molecule has 1 unspecified atom stereocenters. The van der Waals surface area contributed by atoms with E-state index in [4.69, 9.17) is 13.9 Å². The SMILES string of the molecule is CC1CCCCN1C(=O)CSc1nnc(-c2ccc3c(c2)OCCO3)o1. The fraction of sp³-hybridized carbons (Fsp3) is 0.500. The van der Waals surface area contributed by atoms with Gasteiger partial charge in [0, 0.05) is 18.2 Å². The van der Waals surface area contributed by atoms with Crippen molar-refractivity contribution in [2.75, 3.05) is 25.5 Å². The molecule has 0 aliphatic carbocycles. The van der Waals surface area contributed by atoms with Gasteiger partial charge < -0.3 is 18.8 Å². The van der Waals surface area contributed by atoms with Gasteiger partial charge in [0.25, 0.3) is 5.22 Å². The second kappa shape index (κ2) is 7.57. The van der Waals surface area contributed by atoms with Crippen LogP contribution in [-0.2, 0) is 4.79 Å². The van der Waals surface area contributed by atoms with E-state index in [1.807, 2.05) is 23.1 Å². The number of rotatable bonds is 4. The molecule has 138 valence electrons. The van der Waals surface area contributed by atoms with Gasteiger partial charge in [-0.1, -0.05) is 11.8 Å². The van der Waals surface area contributed by atoms with E-state index in [0.717, 1.165) is 30.7 Å². The van der Waals surface area contributed by atoms with Crippen molar-refractivity contribution in [3.8, 4) is 23.0 Å². The van der Waals surface area contributed by atoms with Gasteiger partial charge in [-0.15, -0.1) is 10.2 Å². The molecule has 2 aromatic rings. The third-order valence-electron chi connectivity index (χ3n) is 4.64. The van der Waals surface area contributed by atoms with Gasteiger partial charge in [0.2, 0.25) is 11.8 Å². The first-order valence-electron chi connectivity index (χ1n) is 8.86. The quantitative estimate of drug-likeness (QED) is 0.760. The normalized spacial score (nSPS) is 19.4. The Morgan fingerprint density at radius 2 is 2.08 bits per heavy atom. The molecule has 4 rings (SSSR count). The zero-order chi connectivity index (χ0) is 17.9. The highest BCUT2D eigenvalue weighted by atomic mass is 32.2. The second-order valence-corrected chi connectivity index (χ2v) is 7.38. The summed E-state index contributed by atoms with van der Waals surface area (Å²) in [6.07, 6.45) is 3.35. The Labute approximate surface area is 156 Å². The minimum atomic E-state index is 0.126. The lowest BCUT2D eigenvalue weighted by molar-refractivity contribution is -0.131. The number of nitrogens with zero attached hydrogens (tertiary/aromatic N) is 3. The van der Waals surface area contributed by atoms with Crippen molar-refractivity contribution < 1.29 is 18.7 Å². The summed E-state index contributed by atoms with van der Waals surface area (Å²) >= 11 is 1.28. The molecule has 1 aromatic heterocycles. The first-order valence-corrected chi connectivity index (χ1v) is 9.85. The Bertz CT molecular complexity index is 794. The summed E-state index contributed by atoms with van der Waals surface area (Å²) < 4.78 is 16.8. The number of likely N-dealkylation sites (tertiary alicyclic amines) is 1. The van der Waals surface area contributed by atoms with E-state index in [-0.39, 0.29) is 5.91 Å². The van der Waals surface area contributed by atoms with Crippen LogP contribution in [0.2, 0.25) is 0 Å². The van der Waals surface area contributed by atoms with Crippen LogP contribution in [0.15, 0.2) is 27.8 Å². The summed E-state index contributed by atoms with van der Waals surface area (Å²) in [7, 11) is 0. The molecule has 7 nitrogen and oxygen atoms in total. The maximum atomic E-state index is 12.4. The lowest BCUT2D eigenvalue weighted by atomic mass is 10.0. The first kappa shape index (κ1) is 17.2. The molecule has 3 heterocycles. The van der Waals surface area contributed by atoms with Crippen molar-refractivity contribution in [3.63, 3.8) is 0 Å². The Morgan fingerprint density at radius 3 is 2.92 bits per heavy atom. The molecule has 2 aliphatic rings. The van der Waals surface area contributed by atoms with Crippen LogP contribution in [0, 0.1) is 0 Å². The number of hydrogen-bond acceptors (Lipinski definition) is 7. The van der Waals surface area contributed by atoms with Gasteiger partial charge in [-0.2, -0.15) is 0 Å². The van der Waals surface area contributed by atoms with E-state index < -0.39 is 0 Å². The van der Waals surface area contributed by atoms with Crippen molar-refractivity contribution in [2.45, 2.75) is 37.5 Å². The van der Waals surface area contributed by atoms with Gasteiger partial charge in [0.1, 0.15) is 13.2 Å². The Hall–Kier alpha value is -2.22. The summed E-state index contributed by atoms with van der Waals surface area (Å²) in [6.45, 7) is 4.02. The number of piperidine rings is 1. The molecular formula is C18H21N3O4S. The Kier molecular flexibility index (Phi) is 5.01. The number of fused-ring (bicyclic) bond motifs is 1. The van der Waals surface area contributed by atoms with Crippen LogP contribution in [0.1, 0.15) is 26.2 Å². The number of carbonyl (C=O) groups is 1. The van der Waals surface area contributed by atoms with Gasteiger partial charge >= 0.3 is 0 Å². The highest BCUT2D eigenvalue weighted by molar-refractivity contribution is 7.99. The van der Waals surface area contributed by atoms with Gasteiger partial charge in [0.15, 0.2) is 11.5 Å². The predicted octanol–water partition coefficient (Wildman–Crippen LogP) is 3.00. The number of carbonyl (C=O) groups excluding carboxylic acids is 1. The number of benzene rings is 1. The van der Waals surface area contributed by atoms with Crippen molar-refractivity contribution in [3.05, 3.63) is 18.2 Å². The standard InChI is InChI=1S/C18H21N3O4S/c1-12-4-2-3-7-21(12)16(22)11-26-18-20-19-17(25-18)13-5-6-14-15(10-13)24-9-8-23-14/h5-6,10,12H,2-4,7-9,11H2,1H3. The highest BCUT2D eigenvalue weighted by Crippen LogP contribution is 2.34. The van der Waals surface area contributed by atoms with E-state index in [9.17, 15) is 4.79 Å². The molecule has 2 aliphatic heterocycles. The molecule has 1 aromatic carbocycles. The second-order valence-electron chi connectivity index (χ2n) is 6.45. The first-order chi connectivity index (χ1) is 12.7. The Balaban J connectivity index is 1.39. The molecule has 26 heavy (non-hydrogen) atoms. The smallest absolute Gasteiger partial charge is 0.277 e. The van der Waals surface area contributed by atoms with E-state index in [0.29, 0.717) is 41.9 Å². The van der Waals surface area contributed by atoms with Gasteiger partial charge in [-0.25, -0.2) is 0 Å². The minimum Gasteiger partial charge on any atom is -0.486 e. The van der Waals surface area contributed by atoms with Crippen molar-refractivity contribution in [1.82, 2.24) is 15.1 Å². The van der Waals surface area contributed by atoms with E-state index in [1.165, 1.54) is 18.2 Å². The van der Waals surface area contributed by atoms with E-state index in [2.05, 4.69) is 17.1 Å². The van der Waals surface area contributed by atoms with Gasteiger partial charge in [0.05, 0.1) is 5.75 Å². The van der Waals surface area contributed by atoms with Crippen LogP contribution in [0.3, 0.4) is 0 Å². The lowest BCUT2D eigenvalue weighted by Crippen LogP contribution is -2.42. The van der Waals surface area contributed by atoms with Crippen molar-refractivity contribution in [2.24, 2.45) is 0 Å². The maximum absolute atomic E-state index is 12.4. The summed E-state index contributed by atoms with van der Waals surface area (Å²) in [5.41, 5.74) is 0.768. The zero-order valence-corrected chi connectivity index (χ0v) is 15.5. The number of hydrogen-bond donors (Lipinski definition) is 0. The van der Waals surface area contributed by atoms with Crippen LogP contribution in [0.4, 0.5) is 0 Å². The van der Waals surface area contributed by atoms with Crippen LogP contribution < -0.4 is 9.47 Å². The molecule has 0 radical (unpaired) electrons. The zero-order valence-electron chi connectivity index (χ0n) is 14.6. The summed E-state index contributed by atoms with van der Waals surface area (Å²) in [4.78, 5) is 14.4.